The van der Waals surface area contributed by atoms with Crippen molar-refractivity contribution in [2.45, 2.75) is 18.4 Å². The summed E-state index contributed by atoms with van der Waals surface area (Å²) < 4.78 is 0. The maximum atomic E-state index is 11.6. The van der Waals surface area contributed by atoms with Gasteiger partial charge in [0.05, 0.1) is 5.92 Å². The van der Waals surface area contributed by atoms with Crippen LogP contribution in [0.25, 0.3) is 6.08 Å². The van der Waals surface area contributed by atoms with Crippen LogP contribution in [0.1, 0.15) is 24.1 Å². The smallest absolute Gasteiger partial charge is 0.263 e. The standard InChI is InChI=1S/C13H12N2O2/c1-9-7-11-5-4-10-3-2-6-14-12(10)13(11,8-9)15(16)17/h2-6,11H,1,7-8H2. The first-order valence-electron chi connectivity index (χ1n) is 5.59. The average Bonchev–Trinajstić information content (AvgIpc) is 2.67. The Hall–Kier alpha value is -1.97. The Morgan fingerprint density at radius 2 is 2.41 bits per heavy atom. The highest BCUT2D eigenvalue weighted by Gasteiger charge is 2.58. The summed E-state index contributed by atoms with van der Waals surface area (Å²) in [6.07, 6.45) is 6.59. The Labute approximate surface area is 98.8 Å². The molecule has 0 aliphatic heterocycles. The van der Waals surface area contributed by atoms with Gasteiger partial charge in [-0.25, -0.2) is 0 Å². The van der Waals surface area contributed by atoms with Gasteiger partial charge in [0.15, 0.2) is 0 Å². The van der Waals surface area contributed by atoms with Crippen LogP contribution >= 0.6 is 0 Å². The van der Waals surface area contributed by atoms with Crippen LogP contribution in [0.2, 0.25) is 0 Å². The molecule has 1 aromatic rings. The molecule has 4 heteroatoms. The van der Waals surface area contributed by atoms with Gasteiger partial charge in [0.2, 0.25) is 0 Å². The van der Waals surface area contributed by atoms with Crippen molar-refractivity contribution in [2.75, 3.05) is 0 Å². The minimum atomic E-state index is -1.08. The number of nitrogens with zero attached hydrogens (tertiary/aromatic N) is 2. The second-order valence-corrected chi connectivity index (χ2v) is 4.72. The Morgan fingerprint density at radius 1 is 1.59 bits per heavy atom. The molecule has 1 saturated carbocycles. The van der Waals surface area contributed by atoms with Gasteiger partial charge in [-0.15, -0.1) is 0 Å². The average molecular weight is 228 g/mol. The lowest BCUT2D eigenvalue weighted by Crippen LogP contribution is -2.41. The number of pyridine rings is 1. The van der Waals surface area contributed by atoms with Crippen LogP contribution in [-0.2, 0) is 5.54 Å². The fourth-order valence-corrected chi connectivity index (χ4v) is 2.97. The van der Waals surface area contributed by atoms with E-state index in [4.69, 9.17) is 0 Å². The van der Waals surface area contributed by atoms with Gasteiger partial charge in [-0.05, 0) is 12.5 Å². The van der Waals surface area contributed by atoms with Gasteiger partial charge in [0.1, 0.15) is 5.69 Å². The molecule has 3 rings (SSSR count). The molecular weight excluding hydrogens is 216 g/mol. The Morgan fingerprint density at radius 3 is 3.18 bits per heavy atom. The maximum Gasteiger partial charge on any atom is 0.274 e. The molecule has 0 bridgehead atoms. The molecule has 86 valence electrons. The third-order valence-corrected chi connectivity index (χ3v) is 3.72. The fraction of sp³-hybridized carbons (Fsp3) is 0.308. The maximum absolute atomic E-state index is 11.6. The SMILES string of the molecule is C=C1CC2C=Cc3cccnc3C2([N+](=O)[O-])C1. The Balaban J connectivity index is 2.27. The van der Waals surface area contributed by atoms with Crippen molar-refractivity contribution in [3.63, 3.8) is 0 Å². The highest BCUT2D eigenvalue weighted by Crippen LogP contribution is 2.51. The Bertz CT molecular complexity index is 550. The van der Waals surface area contributed by atoms with Crippen LogP contribution in [0.4, 0.5) is 0 Å². The van der Waals surface area contributed by atoms with Gasteiger partial charge in [0, 0.05) is 23.1 Å². The van der Waals surface area contributed by atoms with Gasteiger partial charge in [-0.1, -0.05) is 30.4 Å². The van der Waals surface area contributed by atoms with E-state index >= 15 is 0 Å². The topological polar surface area (TPSA) is 56.0 Å². The summed E-state index contributed by atoms with van der Waals surface area (Å²) in [5.41, 5.74) is 1.31. The van der Waals surface area contributed by atoms with Crippen molar-refractivity contribution in [2.24, 2.45) is 5.92 Å². The zero-order valence-electron chi connectivity index (χ0n) is 9.30. The van der Waals surface area contributed by atoms with E-state index < -0.39 is 5.54 Å². The van der Waals surface area contributed by atoms with E-state index in [2.05, 4.69) is 11.6 Å². The summed E-state index contributed by atoms with van der Waals surface area (Å²) >= 11 is 0. The van der Waals surface area contributed by atoms with Crippen molar-refractivity contribution < 1.29 is 4.92 Å². The first-order chi connectivity index (χ1) is 8.14. The van der Waals surface area contributed by atoms with Crippen molar-refractivity contribution in [3.8, 4) is 0 Å². The van der Waals surface area contributed by atoms with Gasteiger partial charge in [-0.2, -0.15) is 0 Å². The van der Waals surface area contributed by atoms with Crippen molar-refractivity contribution in [1.82, 2.24) is 4.98 Å². The summed E-state index contributed by atoms with van der Waals surface area (Å²) in [6, 6.07) is 3.68. The second-order valence-electron chi connectivity index (χ2n) is 4.72. The highest BCUT2D eigenvalue weighted by atomic mass is 16.6. The van der Waals surface area contributed by atoms with Gasteiger partial charge < -0.3 is 0 Å². The third kappa shape index (κ3) is 1.21. The minimum Gasteiger partial charge on any atom is -0.263 e. The molecular formula is C13H12N2O2. The lowest BCUT2D eigenvalue weighted by molar-refractivity contribution is -0.585. The van der Waals surface area contributed by atoms with Crippen molar-refractivity contribution in [1.29, 1.82) is 0 Å². The number of hydrogen-bond donors (Lipinski definition) is 0. The predicted octanol–water partition coefficient (Wildman–Crippen LogP) is 2.55. The normalized spacial score (nSPS) is 29.9. The summed E-state index contributed by atoms with van der Waals surface area (Å²) in [7, 11) is 0. The molecule has 2 aliphatic carbocycles. The van der Waals surface area contributed by atoms with Crippen LogP contribution in [-0.4, -0.2) is 9.91 Å². The zero-order chi connectivity index (χ0) is 12.0. The summed E-state index contributed by atoms with van der Waals surface area (Å²) in [5, 5.41) is 11.6. The molecule has 0 amide bonds. The number of aromatic nitrogens is 1. The van der Waals surface area contributed by atoms with E-state index in [9.17, 15) is 10.1 Å². The summed E-state index contributed by atoms with van der Waals surface area (Å²) in [4.78, 5) is 15.6. The van der Waals surface area contributed by atoms with Gasteiger partial charge >= 0.3 is 0 Å². The molecule has 0 N–H and O–H groups in total. The largest absolute Gasteiger partial charge is 0.274 e. The molecule has 17 heavy (non-hydrogen) atoms. The first kappa shape index (κ1) is 10.2. The van der Waals surface area contributed by atoms with Crippen molar-refractivity contribution in [3.05, 3.63) is 57.9 Å². The number of rotatable bonds is 1. The van der Waals surface area contributed by atoms with Crippen LogP contribution in [0.15, 0.2) is 36.6 Å². The van der Waals surface area contributed by atoms with E-state index in [1.165, 1.54) is 0 Å². The second kappa shape index (κ2) is 3.26. The van der Waals surface area contributed by atoms with E-state index in [0.717, 1.165) is 11.1 Å². The molecule has 0 aromatic carbocycles. The number of fused-ring (bicyclic) bond motifs is 3. The molecule has 2 atom stereocenters. The molecule has 0 radical (unpaired) electrons. The number of nitro groups is 1. The number of hydrogen-bond acceptors (Lipinski definition) is 3. The zero-order valence-corrected chi connectivity index (χ0v) is 9.30. The molecule has 0 spiro atoms. The van der Waals surface area contributed by atoms with Crippen LogP contribution in [0.5, 0.6) is 0 Å². The van der Waals surface area contributed by atoms with Crippen LogP contribution in [0.3, 0.4) is 0 Å². The molecule has 1 aromatic heterocycles. The molecule has 1 heterocycles. The molecule has 2 aliphatic rings. The fourth-order valence-electron chi connectivity index (χ4n) is 2.97. The highest BCUT2D eigenvalue weighted by molar-refractivity contribution is 5.58. The monoisotopic (exact) mass is 228 g/mol. The molecule has 2 unspecified atom stereocenters. The van der Waals surface area contributed by atoms with Crippen LogP contribution < -0.4 is 0 Å². The summed E-state index contributed by atoms with van der Waals surface area (Å²) in [5.74, 6) is -0.104. The lowest BCUT2D eigenvalue weighted by Gasteiger charge is -2.28. The van der Waals surface area contributed by atoms with Crippen molar-refractivity contribution >= 4 is 6.08 Å². The summed E-state index contributed by atoms with van der Waals surface area (Å²) in [6.45, 7) is 3.91. The van der Waals surface area contributed by atoms with E-state index in [0.29, 0.717) is 18.5 Å². The van der Waals surface area contributed by atoms with E-state index in [1.54, 1.807) is 12.3 Å². The van der Waals surface area contributed by atoms with Gasteiger partial charge in [0.25, 0.3) is 5.54 Å². The predicted molar refractivity (Wildman–Crippen MR) is 63.8 cm³/mol. The molecule has 4 nitrogen and oxygen atoms in total. The lowest BCUT2D eigenvalue weighted by atomic mass is 9.78. The van der Waals surface area contributed by atoms with Crippen LogP contribution in [0, 0.1) is 16.0 Å². The Kier molecular flexibility index (Phi) is 1.96. The van der Waals surface area contributed by atoms with E-state index in [-0.39, 0.29) is 10.8 Å². The van der Waals surface area contributed by atoms with Gasteiger partial charge in [-0.3, -0.25) is 15.1 Å². The first-order valence-corrected chi connectivity index (χ1v) is 5.59. The quantitative estimate of drug-likeness (QED) is 0.421. The molecule has 0 saturated heterocycles. The third-order valence-electron chi connectivity index (χ3n) is 3.72. The van der Waals surface area contributed by atoms with E-state index in [1.807, 2.05) is 18.2 Å². The molecule has 1 fully saturated rings. The minimum absolute atomic E-state index is 0.104.